The van der Waals surface area contributed by atoms with Crippen molar-refractivity contribution in [3.63, 3.8) is 0 Å². The minimum absolute atomic E-state index is 0.130. The predicted molar refractivity (Wildman–Crippen MR) is 78.5 cm³/mol. The number of benzene rings is 2. The summed E-state index contributed by atoms with van der Waals surface area (Å²) >= 11 is 0. The zero-order valence-electron chi connectivity index (χ0n) is 11.5. The van der Waals surface area contributed by atoms with Crippen LogP contribution in [0.3, 0.4) is 0 Å². The smallest absolute Gasteiger partial charge is 0.335 e. The first-order valence-electron chi connectivity index (χ1n) is 6.37. The number of carbonyl (C=O) groups excluding carboxylic acids is 1. The van der Waals surface area contributed by atoms with Gasteiger partial charge in [-0.15, -0.1) is 0 Å². The fourth-order valence-corrected chi connectivity index (χ4v) is 1.80. The van der Waals surface area contributed by atoms with Crippen LogP contribution in [0.1, 0.15) is 22.8 Å². The van der Waals surface area contributed by atoms with Gasteiger partial charge in [0, 0.05) is 12.6 Å². The summed E-state index contributed by atoms with van der Waals surface area (Å²) in [5.41, 5.74) is 1.71. The molecule has 0 heterocycles. The summed E-state index contributed by atoms with van der Waals surface area (Å²) in [6.07, 6.45) is 0. The molecule has 0 aliphatic rings. The van der Waals surface area contributed by atoms with Crippen LogP contribution in [0.2, 0.25) is 0 Å². The minimum atomic E-state index is -0.962. The summed E-state index contributed by atoms with van der Waals surface area (Å²) in [5.74, 6) is -0.449. The normalized spacial score (nSPS) is 9.95. The van der Waals surface area contributed by atoms with E-state index in [0.29, 0.717) is 11.4 Å². The van der Waals surface area contributed by atoms with E-state index in [-0.39, 0.29) is 18.1 Å². The van der Waals surface area contributed by atoms with Crippen molar-refractivity contribution < 1.29 is 19.4 Å². The number of anilines is 1. The molecule has 0 aromatic heterocycles. The van der Waals surface area contributed by atoms with Crippen LogP contribution in [0.5, 0.6) is 5.75 Å². The number of carbonyl (C=O) groups is 2. The molecule has 0 bridgehead atoms. The summed E-state index contributed by atoms with van der Waals surface area (Å²) in [6.45, 7) is 1.72. The fraction of sp³-hybridized carbons (Fsp3) is 0.125. The monoisotopic (exact) mass is 285 g/mol. The maximum Gasteiger partial charge on any atom is 0.335 e. The number of amides is 1. The first-order chi connectivity index (χ1) is 10.0. The maximum atomic E-state index is 10.9. The number of carboxylic acid groups (broad SMARTS) is 1. The summed E-state index contributed by atoms with van der Waals surface area (Å²) < 4.78 is 5.58. The van der Waals surface area contributed by atoms with Crippen molar-refractivity contribution >= 4 is 17.6 Å². The third-order valence-corrected chi connectivity index (χ3v) is 2.75. The number of rotatable bonds is 5. The van der Waals surface area contributed by atoms with Gasteiger partial charge in [-0.05, 0) is 42.0 Å². The van der Waals surface area contributed by atoms with Crippen LogP contribution in [0.25, 0.3) is 0 Å². The highest BCUT2D eigenvalue weighted by molar-refractivity contribution is 5.88. The van der Waals surface area contributed by atoms with E-state index in [1.54, 1.807) is 42.5 Å². The molecule has 0 saturated heterocycles. The quantitative estimate of drug-likeness (QED) is 0.885. The van der Waals surface area contributed by atoms with Crippen LogP contribution in [0.15, 0.2) is 48.5 Å². The summed E-state index contributed by atoms with van der Waals surface area (Å²) in [7, 11) is 0. The number of hydrogen-bond acceptors (Lipinski definition) is 3. The van der Waals surface area contributed by atoms with Gasteiger partial charge in [0.05, 0.1) is 5.56 Å². The lowest BCUT2D eigenvalue weighted by Crippen LogP contribution is -2.05. The van der Waals surface area contributed by atoms with Crippen molar-refractivity contribution in [3.05, 3.63) is 59.7 Å². The van der Waals surface area contributed by atoms with E-state index < -0.39 is 5.97 Å². The third-order valence-electron chi connectivity index (χ3n) is 2.75. The molecule has 5 heteroatoms. The Morgan fingerprint density at radius 3 is 2.48 bits per heavy atom. The maximum absolute atomic E-state index is 10.9. The van der Waals surface area contributed by atoms with Gasteiger partial charge >= 0.3 is 5.97 Å². The molecule has 0 spiro atoms. The van der Waals surface area contributed by atoms with Crippen LogP contribution in [0, 0.1) is 0 Å². The number of aromatic carboxylic acids is 1. The lowest BCUT2D eigenvalue weighted by atomic mass is 10.1. The van der Waals surface area contributed by atoms with E-state index in [1.165, 1.54) is 13.0 Å². The van der Waals surface area contributed by atoms with Crippen molar-refractivity contribution in [3.8, 4) is 5.75 Å². The first-order valence-corrected chi connectivity index (χ1v) is 6.37. The first kappa shape index (κ1) is 14.6. The summed E-state index contributed by atoms with van der Waals surface area (Å²) in [5, 5.41) is 11.6. The molecule has 5 nitrogen and oxygen atoms in total. The molecule has 0 atom stereocenters. The number of carboxylic acids is 1. The molecule has 0 aliphatic heterocycles. The molecule has 108 valence electrons. The molecule has 0 saturated carbocycles. The van der Waals surface area contributed by atoms with Gasteiger partial charge < -0.3 is 15.2 Å². The Balaban J connectivity index is 1.98. The molecule has 0 radical (unpaired) electrons. The van der Waals surface area contributed by atoms with Gasteiger partial charge in [-0.3, -0.25) is 4.79 Å². The fourth-order valence-electron chi connectivity index (χ4n) is 1.80. The summed E-state index contributed by atoms with van der Waals surface area (Å²) in [6, 6.07) is 13.6. The second-order valence-corrected chi connectivity index (χ2v) is 4.50. The highest BCUT2D eigenvalue weighted by Crippen LogP contribution is 2.17. The Morgan fingerprint density at radius 2 is 1.86 bits per heavy atom. The van der Waals surface area contributed by atoms with Gasteiger partial charge in [0.15, 0.2) is 0 Å². The van der Waals surface area contributed by atoms with Gasteiger partial charge in [0.25, 0.3) is 0 Å². The largest absolute Gasteiger partial charge is 0.489 e. The van der Waals surface area contributed by atoms with E-state index >= 15 is 0 Å². The Hall–Kier alpha value is -2.82. The Labute approximate surface area is 122 Å². The third kappa shape index (κ3) is 4.35. The average molecular weight is 285 g/mol. The van der Waals surface area contributed by atoms with Crippen LogP contribution in [-0.4, -0.2) is 17.0 Å². The second kappa shape index (κ2) is 6.56. The van der Waals surface area contributed by atoms with E-state index in [0.717, 1.165) is 5.56 Å². The Bertz CT molecular complexity index is 650. The molecule has 0 aliphatic carbocycles. The zero-order chi connectivity index (χ0) is 15.2. The van der Waals surface area contributed by atoms with E-state index in [1.807, 2.05) is 0 Å². The van der Waals surface area contributed by atoms with E-state index in [4.69, 9.17) is 9.84 Å². The van der Waals surface area contributed by atoms with E-state index in [2.05, 4.69) is 5.32 Å². The van der Waals surface area contributed by atoms with Crippen molar-refractivity contribution in [2.75, 3.05) is 5.32 Å². The van der Waals surface area contributed by atoms with E-state index in [9.17, 15) is 9.59 Å². The number of hydrogen-bond donors (Lipinski definition) is 2. The molecular formula is C16H15NO4. The van der Waals surface area contributed by atoms with Crippen LogP contribution >= 0.6 is 0 Å². The zero-order valence-corrected chi connectivity index (χ0v) is 11.5. The standard InChI is InChI=1S/C16H15NO4/c1-11(18)17-14-5-7-15(8-6-14)21-10-12-3-2-4-13(9-12)16(19)20/h2-9H,10H2,1H3,(H,17,18)(H,19,20). The van der Waals surface area contributed by atoms with Crippen molar-refractivity contribution in [1.29, 1.82) is 0 Å². The number of ether oxygens (including phenoxy) is 1. The Kier molecular flexibility index (Phi) is 4.56. The minimum Gasteiger partial charge on any atom is -0.489 e. The van der Waals surface area contributed by atoms with Gasteiger partial charge in [-0.2, -0.15) is 0 Å². The molecule has 2 aromatic carbocycles. The Morgan fingerprint density at radius 1 is 1.14 bits per heavy atom. The van der Waals surface area contributed by atoms with Crippen LogP contribution < -0.4 is 10.1 Å². The molecule has 2 aromatic rings. The number of nitrogens with one attached hydrogen (secondary N) is 1. The van der Waals surface area contributed by atoms with Gasteiger partial charge in [0.1, 0.15) is 12.4 Å². The lowest BCUT2D eigenvalue weighted by molar-refractivity contribution is -0.114. The molecule has 2 N–H and O–H groups in total. The predicted octanol–water partition coefficient (Wildman–Crippen LogP) is 2.92. The van der Waals surface area contributed by atoms with Gasteiger partial charge in [0.2, 0.25) is 5.91 Å². The molecule has 2 rings (SSSR count). The molecule has 0 unspecified atom stereocenters. The average Bonchev–Trinajstić information content (AvgIpc) is 2.46. The summed E-state index contributed by atoms with van der Waals surface area (Å²) in [4.78, 5) is 21.8. The topological polar surface area (TPSA) is 75.6 Å². The van der Waals surface area contributed by atoms with Crippen LogP contribution in [-0.2, 0) is 11.4 Å². The second-order valence-electron chi connectivity index (χ2n) is 4.50. The van der Waals surface area contributed by atoms with Crippen LogP contribution in [0.4, 0.5) is 5.69 Å². The molecular weight excluding hydrogens is 270 g/mol. The SMILES string of the molecule is CC(=O)Nc1ccc(OCc2cccc(C(=O)O)c2)cc1. The van der Waals surface area contributed by atoms with Crippen molar-refractivity contribution in [2.45, 2.75) is 13.5 Å². The molecule has 1 amide bonds. The van der Waals surface area contributed by atoms with Crippen molar-refractivity contribution in [2.24, 2.45) is 0 Å². The highest BCUT2D eigenvalue weighted by atomic mass is 16.5. The lowest BCUT2D eigenvalue weighted by Gasteiger charge is -2.08. The molecule has 21 heavy (non-hydrogen) atoms. The highest BCUT2D eigenvalue weighted by Gasteiger charge is 2.04. The molecule has 0 fully saturated rings. The van der Waals surface area contributed by atoms with Gasteiger partial charge in [-0.1, -0.05) is 12.1 Å². The van der Waals surface area contributed by atoms with Gasteiger partial charge in [-0.25, -0.2) is 4.79 Å². The van der Waals surface area contributed by atoms with Crippen molar-refractivity contribution in [1.82, 2.24) is 0 Å².